The number of likely N-dealkylation sites (tertiary alicyclic amines) is 1. The first-order chi connectivity index (χ1) is 11.1. The summed E-state index contributed by atoms with van der Waals surface area (Å²) in [5, 5.41) is 6.60. The Balaban J connectivity index is 1.35. The largest absolute Gasteiger partial charge is 0.361 e. The monoisotopic (exact) mass is 317 g/mol. The molecule has 1 saturated heterocycles. The molecule has 1 N–H and O–H groups in total. The van der Waals surface area contributed by atoms with Gasteiger partial charge in [0.2, 0.25) is 5.91 Å². The van der Waals surface area contributed by atoms with Gasteiger partial charge in [-0.25, -0.2) is 4.98 Å². The number of amides is 2. The van der Waals surface area contributed by atoms with Crippen LogP contribution >= 0.6 is 0 Å². The Morgan fingerprint density at radius 1 is 1.43 bits per heavy atom. The number of aryl methyl sites for hydroxylation is 2. The summed E-state index contributed by atoms with van der Waals surface area (Å²) in [6.07, 6.45) is 6.22. The Hall–Kier alpha value is -2.64. The first-order valence-corrected chi connectivity index (χ1v) is 7.59. The van der Waals surface area contributed by atoms with Crippen molar-refractivity contribution in [3.05, 3.63) is 36.2 Å². The molecule has 0 aromatic carbocycles. The first kappa shape index (κ1) is 15.3. The van der Waals surface area contributed by atoms with Crippen LogP contribution in [0.1, 0.15) is 22.7 Å². The zero-order valence-corrected chi connectivity index (χ0v) is 12.9. The van der Waals surface area contributed by atoms with Gasteiger partial charge in [0.25, 0.3) is 5.91 Å². The van der Waals surface area contributed by atoms with Crippen molar-refractivity contribution in [1.29, 1.82) is 0 Å². The molecule has 0 bridgehead atoms. The number of carbonyl (C=O) groups is 2. The second kappa shape index (κ2) is 6.64. The lowest BCUT2D eigenvalue weighted by Gasteiger charge is -2.37. The van der Waals surface area contributed by atoms with E-state index in [9.17, 15) is 9.59 Å². The third-order valence-electron chi connectivity index (χ3n) is 3.84. The number of imidazole rings is 1. The van der Waals surface area contributed by atoms with E-state index in [1.807, 2.05) is 10.8 Å². The molecular formula is C15H19N5O3. The maximum Gasteiger partial charge on any atom is 0.276 e. The van der Waals surface area contributed by atoms with E-state index in [1.165, 1.54) is 0 Å². The molecule has 3 rings (SSSR count). The summed E-state index contributed by atoms with van der Waals surface area (Å²) in [5.74, 6) is 0.267. The Bertz CT molecular complexity index is 673. The number of rotatable bonds is 6. The van der Waals surface area contributed by atoms with Gasteiger partial charge in [-0.05, 0) is 13.3 Å². The fraction of sp³-hybridized carbons (Fsp3) is 0.467. The molecule has 1 aliphatic rings. The average Bonchev–Trinajstić information content (AvgIpc) is 3.13. The smallest absolute Gasteiger partial charge is 0.276 e. The number of hydrogen-bond donors (Lipinski definition) is 1. The summed E-state index contributed by atoms with van der Waals surface area (Å²) in [6, 6.07) is 1.60. The lowest BCUT2D eigenvalue weighted by atomic mass is 9.98. The number of hydrogen-bond acceptors (Lipinski definition) is 5. The SMILES string of the molecule is Cc1cc(C(=O)N2CC(C(=O)NCCCn3ccnc3)C2)no1. The van der Waals surface area contributed by atoms with Gasteiger partial charge >= 0.3 is 0 Å². The van der Waals surface area contributed by atoms with E-state index in [1.54, 1.807) is 30.4 Å². The summed E-state index contributed by atoms with van der Waals surface area (Å²) < 4.78 is 6.86. The van der Waals surface area contributed by atoms with Crippen molar-refractivity contribution in [2.75, 3.05) is 19.6 Å². The molecule has 3 heterocycles. The van der Waals surface area contributed by atoms with Crippen molar-refractivity contribution in [3.8, 4) is 0 Å². The molecule has 8 nitrogen and oxygen atoms in total. The van der Waals surface area contributed by atoms with Gasteiger partial charge in [0.1, 0.15) is 5.76 Å². The molecule has 0 unspecified atom stereocenters. The normalized spacial score (nSPS) is 14.6. The highest BCUT2D eigenvalue weighted by atomic mass is 16.5. The zero-order chi connectivity index (χ0) is 16.2. The van der Waals surface area contributed by atoms with Gasteiger partial charge in [0, 0.05) is 44.6 Å². The fourth-order valence-corrected chi connectivity index (χ4v) is 2.48. The van der Waals surface area contributed by atoms with Crippen LogP contribution in [-0.4, -0.2) is 51.1 Å². The van der Waals surface area contributed by atoms with Gasteiger partial charge in [-0.2, -0.15) is 0 Å². The molecule has 2 amide bonds. The maximum atomic E-state index is 12.1. The van der Waals surface area contributed by atoms with E-state index >= 15 is 0 Å². The first-order valence-electron chi connectivity index (χ1n) is 7.59. The lowest BCUT2D eigenvalue weighted by molar-refractivity contribution is -0.128. The summed E-state index contributed by atoms with van der Waals surface area (Å²) in [4.78, 5) is 29.6. The highest BCUT2D eigenvalue weighted by molar-refractivity contribution is 5.94. The topological polar surface area (TPSA) is 93.3 Å². The second-order valence-electron chi connectivity index (χ2n) is 5.67. The third kappa shape index (κ3) is 3.58. The minimum Gasteiger partial charge on any atom is -0.361 e. The number of nitrogens with zero attached hydrogens (tertiary/aromatic N) is 4. The molecule has 8 heteroatoms. The van der Waals surface area contributed by atoms with E-state index < -0.39 is 0 Å². The van der Waals surface area contributed by atoms with Crippen LogP contribution in [0.5, 0.6) is 0 Å². The summed E-state index contributed by atoms with van der Waals surface area (Å²) in [7, 11) is 0. The maximum absolute atomic E-state index is 12.1. The summed E-state index contributed by atoms with van der Waals surface area (Å²) >= 11 is 0. The zero-order valence-electron chi connectivity index (χ0n) is 12.9. The Kier molecular flexibility index (Phi) is 4.40. The van der Waals surface area contributed by atoms with Gasteiger partial charge in [-0.1, -0.05) is 5.16 Å². The second-order valence-corrected chi connectivity index (χ2v) is 5.67. The number of carbonyl (C=O) groups excluding carboxylic acids is 2. The van der Waals surface area contributed by atoms with Crippen molar-refractivity contribution in [3.63, 3.8) is 0 Å². The number of nitrogens with one attached hydrogen (secondary N) is 1. The Labute approximate surface area is 133 Å². The molecular weight excluding hydrogens is 298 g/mol. The van der Waals surface area contributed by atoms with Crippen LogP contribution < -0.4 is 5.32 Å². The van der Waals surface area contributed by atoms with Crippen molar-refractivity contribution < 1.29 is 14.1 Å². The summed E-state index contributed by atoms with van der Waals surface area (Å²) in [5.41, 5.74) is 0.293. The van der Waals surface area contributed by atoms with Gasteiger partial charge in [-0.15, -0.1) is 0 Å². The van der Waals surface area contributed by atoms with Crippen molar-refractivity contribution in [2.24, 2.45) is 5.92 Å². The quantitative estimate of drug-likeness (QED) is 0.781. The van der Waals surface area contributed by atoms with E-state index in [4.69, 9.17) is 4.52 Å². The van der Waals surface area contributed by atoms with Crippen LogP contribution in [0.2, 0.25) is 0 Å². The highest BCUT2D eigenvalue weighted by Gasteiger charge is 2.36. The van der Waals surface area contributed by atoms with E-state index in [0.717, 1.165) is 13.0 Å². The minimum absolute atomic E-state index is 0.00369. The minimum atomic E-state index is -0.189. The predicted molar refractivity (Wildman–Crippen MR) is 80.5 cm³/mol. The molecule has 2 aromatic heterocycles. The van der Waals surface area contributed by atoms with Crippen LogP contribution in [0.15, 0.2) is 29.3 Å². The molecule has 0 saturated carbocycles. The van der Waals surface area contributed by atoms with Crippen LogP contribution in [0.3, 0.4) is 0 Å². The van der Waals surface area contributed by atoms with Crippen LogP contribution in [0, 0.1) is 12.8 Å². The average molecular weight is 317 g/mol. The van der Waals surface area contributed by atoms with E-state index in [-0.39, 0.29) is 17.7 Å². The van der Waals surface area contributed by atoms with E-state index in [2.05, 4.69) is 15.5 Å². The molecule has 0 radical (unpaired) electrons. The van der Waals surface area contributed by atoms with Crippen molar-refractivity contribution in [2.45, 2.75) is 19.9 Å². The standard InChI is InChI=1S/C15H19N5O3/c1-11-7-13(18-23-11)15(22)20-8-12(9-20)14(21)17-3-2-5-19-6-4-16-10-19/h4,6-7,10,12H,2-3,5,8-9H2,1H3,(H,17,21). The van der Waals surface area contributed by atoms with Crippen LogP contribution in [0.25, 0.3) is 0 Å². The molecule has 0 spiro atoms. The molecule has 2 aromatic rings. The fourth-order valence-electron chi connectivity index (χ4n) is 2.48. The molecule has 1 aliphatic heterocycles. The lowest BCUT2D eigenvalue weighted by Crippen LogP contribution is -2.55. The van der Waals surface area contributed by atoms with E-state index in [0.29, 0.717) is 31.1 Å². The van der Waals surface area contributed by atoms with Crippen molar-refractivity contribution >= 4 is 11.8 Å². The number of aromatic nitrogens is 3. The predicted octanol–water partition coefficient (Wildman–Crippen LogP) is 0.458. The molecule has 1 fully saturated rings. The van der Waals surface area contributed by atoms with Gasteiger partial charge in [0.15, 0.2) is 5.69 Å². The van der Waals surface area contributed by atoms with Gasteiger partial charge in [0.05, 0.1) is 12.2 Å². The molecule has 0 atom stereocenters. The highest BCUT2D eigenvalue weighted by Crippen LogP contribution is 2.18. The third-order valence-corrected chi connectivity index (χ3v) is 3.84. The Morgan fingerprint density at radius 3 is 2.91 bits per heavy atom. The van der Waals surface area contributed by atoms with Crippen LogP contribution in [0.4, 0.5) is 0 Å². The van der Waals surface area contributed by atoms with Crippen molar-refractivity contribution in [1.82, 2.24) is 24.9 Å². The van der Waals surface area contributed by atoms with Gasteiger partial charge in [-0.3, -0.25) is 9.59 Å². The molecule has 122 valence electrons. The van der Waals surface area contributed by atoms with Crippen LogP contribution in [-0.2, 0) is 11.3 Å². The summed E-state index contributed by atoms with van der Waals surface area (Å²) in [6.45, 7) is 4.03. The Morgan fingerprint density at radius 2 is 2.26 bits per heavy atom. The molecule has 0 aliphatic carbocycles. The molecule has 23 heavy (non-hydrogen) atoms. The van der Waals surface area contributed by atoms with Gasteiger partial charge < -0.3 is 19.3 Å².